The Morgan fingerprint density at radius 3 is 2.95 bits per heavy atom. The van der Waals surface area contributed by atoms with Gasteiger partial charge in [0.15, 0.2) is 0 Å². The fourth-order valence-electron chi connectivity index (χ4n) is 2.91. The third-order valence-electron chi connectivity index (χ3n) is 3.81. The Hall–Kier alpha value is -1.54. The van der Waals surface area contributed by atoms with E-state index in [1.165, 1.54) is 0 Å². The van der Waals surface area contributed by atoms with Crippen LogP contribution >= 0.6 is 23.2 Å². The lowest BCUT2D eigenvalue weighted by Gasteiger charge is -2.25. The zero-order valence-electron chi connectivity index (χ0n) is 11.4. The third kappa shape index (κ3) is 2.22. The van der Waals surface area contributed by atoms with Crippen LogP contribution < -0.4 is 0 Å². The normalized spacial score (nSPS) is 17.3. The Morgan fingerprint density at radius 1 is 1.48 bits per heavy atom. The number of rotatable bonds is 2. The predicted octanol–water partition coefficient (Wildman–Crippen LogP) is 4.21. The lowest BCUT2D eigenvalue weighted by Crippen LogP contribution is -2.18. The molecule has 2 aromatic rings. The first-order valence-electron chi connectivity index (χ1n) is 6.64. The van der Waals surface area contributed by atoms with Crippen LogP contribution in [-0.2, 0) is 11.3 Å². The van der Waals surface area contributed by atoms with Crippen LogP contribution in [0.4, 0.5) is 0 Å². The maximum absolute atomic E-state index is 9.47. The topological polar surface area (TPSA) is 50.8 Å². The van der Waals surface area contributed by atoms with Crippen molar-refractivity contribution < 1.29 is 4.74 Å². The molecule has 0 radical (unpaired) electrons. The Balaban J connectivity index is 2.31. The van der Waals surface area contributed by atoms with Crippen molar-refractivity contribution in [3.8, 4) is 17.3 Å². The Bertz CT molecular complexity index is 733. The molecule has 0 spiro atoms. The largest absolute Gasteiger partial charge is 0.375 e. The first kappa shape index (κ1) is 14.4. The van der Waals surface area contributed by atoms with Crippen LogP contribution in [0.1, 0.15) is 30.2 Å². The fraction of sp³-hybridized carbons (Fsp3) is 0.333. The maximum Gasteiger partial charge on any atom is 0.138 e. The van der Waals surface area contributed by atoms with E-state index in [-0.39, 0.29) is 6.10 Å². The number of nitrogens with zero attached hydrogens (tertiary/aromatic N) is 3. The van der Waals surface area contributed by atoms with Gasteiger partial charge in [-0.3, -0.25) is 0 Å². The summed E-state index contributed by atoms with van der Waals surface area (Å²) in [7, 11) is 1.65. The molecule has 3 heterocycles. The lowest BCUT2D eigenvalue weighted by molar-refractivity contribution is 0.0760. The molecule has 0 aliphatic carbocycles. The molecule has 21 heavy (non-hydrogen) atoms. The van der Waals surface area contributed by atoms with E-state index in [1.807, 2.05) is 10.6 Å². The van der Waals surface area contributed by atoms with Crippen LogP contribution in [0.3, 0.4) is 0 Å². The minimum Gasteiger partial charge on any atom is -0.375 e. The highest BCUT2D eigenvalue weighted by molar-refractivity contribution is 6.36. The smallest absolute Gasteiger partial charge is 0.138 e. The van der Waals surface area contributed by atoms with Crippen molar-refractivity contribution in [2.45, 2.75) is 25.5 Å². The van der Waals surface area contributed by atoms with Gasteiger partial charge >= 0.3 is 0 Å². The molecule has 0 aromatic carbocycles. The predicted molar refractivity (Wildman–Crippen MR) is 81.4 cm³/mol. The van der Waals surface area contributed by atoms with E-state index in [0.717, 1.165) is 36.3 Å². The van der Waals surface area contributed by atoms with Crippen molar-refractivity contribution in [2.24, 2.45) is 0 Å². The quantitative estimate of drug-likeness (QED) is 0.778. The zero-order valence-corrected chi connectivity index (χ0v) is 12.9. The van der Waals surface area contributed by atoms with Crippen LogP contribution in [0.25, 0.3) is 11.3 Å². The Morgan fingerprint density at radius 2 is 2.29 bits per heavy atom. The minimum absolute atomic E-state index is 0.116. The molecular formula is C15H13Cl2N3O. The number of hydrogen-bond acceptors (Lipinski definition) is 3. The van der Waals surface area contributed by atoms with Crippen LogP contribution in [0.15, 0.2) is 18.3 Å². The summed E-state index contributed by atoms with van der Waals surface area (Å²) in [5, 5.41) is 10.3. The number of hydrogen-bond donors (Lipinski definition) is 0. The van der Waals surface area contributed by atoms with Gasteiger partial charge in [0.1, 0.15) is 11.2 Å². The number of ether oxygens (including phenoxy) is 1. The van der Waals surface area contributed by atoms with E-state index in [4.69, 9.17) is 27.9 Å². The monoisotopic (exact) mass is 321 g/mol. The average Bonchev–Trinajstić information content (AvgIpc) is 2.79. The SMILES string of the molecule is COC1CCCn2c(-c3cccnc3Cl)c(Cl)c(C#N)c21. The number of halogens is 2. The van der Waals surface area contributed by atoms with Crippen molar-refractivity contribution in [3.05, 3.63) is 39.8 Å². The standard InChI is InChI=1S/C15H13Cl2N3O/c1-21-11-5-3-7-20-13(11)10(8-18)12(16)14(20)9-4-2-6-19-15(9)17/h2,4,6,11H,3,5,7H2,1H3. The highest BCUT2D eigenvalue weighted by Gasteiger charge is 2.31. The molecule has 0 bridgehead atoms. The summed E-state index contributed by atoms with van der Waals surface area (Å²) in [6.07, 6.45) is 3.36. The van der Waals surface area contributed by atoms with Crippen LogP contribution in [0.2, 0.25) is 10.2 Å². The molecule has 0 saturated carbocycles. The summed E-state index contributed by atoms with van der Waals surface area (Å²) in [6, 6.07) is 5.87. The highest BCUT2D eigenvalue weighted by atomic mass is 35.5. The third-order valence-corrected chi connectivity index (χ3v) is 4.48. The Labute approximate surface area is 132 Å². The van der Waals surface area contributed by atoms with Gasteiger partial charge in [-0.25, -0.2) is 4.98 Å². The number of fused-ring (bicyclic) bond motifs is 1. The summed E-state index contributed by atoms with van der Waals surface area (Å²) in [5.41, 5.74) is 2.80. The molecule has 1 aliphatic rings. The lowest BCUT2D eigenvalue weighted by atomic mass is 10.0. The molecule has 0 amide bonds. The number of methoxy groups -OCH3 is 1. The Kier molecular flexibility index (Phi) is 3.90. The first-order chi connectivity index (χ1) is 10.2. The van der Waals surface area contributed by atoms with Gasteiger partial charge in [-0.2, -0.15) is 5.26 Å². The zero-order chi connectivity index (χ0) is 15.0. The van der Waals surface area contributed by atoms with Gasteiger partial charge in [0.2, 0.25) is 0 Å². The van der Waals surface area contributed by atoms with Crippen LogP contribution in [0, 0.1) is 11.3 Å². The fourth-order valence-corrected chi connectivity index (χ4v) is 3.46. The van der Waals surface area contributed by atoms with E-state index in [9.17, 15) is 5.26 Å². The number of nitriles is 1. The molecule has 1 aliphatic heterocycles. The molecule has 6 heteroatoms. The molecule has 1 unspecified atom stereocenters. The van der Waals surface area contributed by atoms with Crippen molar-refractivity contribution in [1.29, 1.82) is 5.26 Å². The molecule has 1 atom stereocenters. The second kappa shape index (κ2) is 5.69. The summed E-state index contributed by atoms with van der Waals surface area (Å²) in [4.78, 5) is 4.10. The first-order valence-corrected chi connectivity index (χ1v) is 7.40. The molecule has 2 aromatic heterocycles. The van der Waals surface area contributed by atoms with Gasteiger partial charge in [-0.15, -0.1) is 0 Å². The second-order valence-corrected chi connectivity index (χ2v) is 5.63. The number of aromatic nitrogens is 2. The van der Waals surface area contributed by atoms with Crippen molar-refractivity contribution in [1.82, 2.24) is 9.55 Å². The molecule has 0 N–H and O–H groups in total. The van der Waals surface area contributed by atoms with E-state index in [2.05, 4.69) is 11.1 Å². The van der Waals surface area contributed by atoms with Gasteiger partial charge in [0.25, 0.3) is 0 Å². The van der Waals surface area contributed by atoms with Crippen LogP contribution in [0.5, 0.6) is 0 Å². The van der Waals surface area contributed by atoms with Gasteiger partial charge < -0.3 is 9.30 Å². The molecule has 3 rings (SSSR count). The van der Waals surface area contributed by atoms with Crippen LogP contribution in [-0.4, -0.2) is 16.7 Å². The van der Waals surface area contributed by atoms with E-state index in [1.54, 1.807) is 19.4 Å². The summed E-state index contributed by atoms with van der Waals surface area (Å²) in [5.74, 6) is 0. The van der Waals surface area contributed by atoms with E-state index in [0.29, 0.717) is 15.7 Å². The number of pyridine rings is 1. The molecular weight excluding hydrogens is 309 g/mol. The molecule has 0 fully saturated rings. The summed E-state index contributed by atoms with van der Waals surface area (Å²) >= 11 is 12.7. The van der Waals surface area contributed by atoms with Gasteiger partial charge in [0.05, 0.1) is 28.1 Å². The average molecular weight is 322 g/mol. The van der Waals surface area contributed by atoms with Crippen molar-refractivity contribution in [3.63, 3.8) is 0 Å². The van der Waals surface area contributed by atoms with E-state index < -0.39 is 0 Å². The molecule has 108 valence electrons. The van der Waals surface area contributed by atoms with Gasteiger partial charge in [-0.05, 0) is 25.0 Å². The van der Waals surface area contributed by atoms with Gasteiger partial charge in [0, 0.05) is 25.4 Å². The molecule has 0 saturated heterocycles. The summed E-state index contributed by atoms with van der Waals surface area (Å²) < 4.78 is 7.56. The maximum atomic E-state index is 9.47. The highest BCUT2D eigenvalue weighted by Crippen LogP contribution is 2.43. The minimum atomic E-state index is -0.116. The second-order valence-electron chi connectivity index (χ2n) is 4.89. The van der Waals surface area contributed by atoms with Gasteiger partial charge in [-0.1, -0.05) is 23.2 Å². The van der Waals surface area contributed by atoms with E-state index >= 15 is 0 Å². The van der Waals surface area contributed by atoms with Crippen molar-refractivity contribution >= 4 is 23.2 Å². The summed E-state index contributed by atoms with van der Waals surface area (Å²) in [6.45, 7) is 0.789. The van der Waals surface area contributed by atoms with Crippen molar-refractivity contribution in [2.75, 3.05) is 7.11 Å². The molecule has 4 nitrogen and oxygen atoms in total.